The van der Waals surface area contributed by atoms with E-state index in [0.29, 0.717) is 76.7 Å². The van der Waals surface area contributed by atoms with Gasteiger partial charge in [-0.2, -0.15) is 11.8 Å². The molecule has 48 heavy (non-hydrogen) atoms. The number of amides is 4. The molecule has 4 rings (SSSR count). The number of carbonyl (C=O) groups excluding carboxylic acids is 3. The van der Waals surface area contributed by atoms with Gasteiger partial charge in [0.25, 0.3) is 0 Å². The van der Waals surface area contributed by atoms with Crippen LogP contribution in [0.15, 0.2) is 12.5 Å². The van der Waals surface area contributed by atoms with Crippen molar-refractivity contribution in [1.82, 2.24) is 30.8 Å². The minimum absolute atomic E-state index is 0. The van der Waals surface area contributed by atoms with E-state index in [2.05, 4.69) is 51.8 Å². The van der Waals surface area contributed by atoms with Crippen molar-refractivity contribution in [3.8, 4) is 0 Å². The monoisotopic (exact) mass is 769 g/mol. The maximum absolute atomic E-state index is 12.3. The number of unbranched alkanes of at least 4 members (excludes halogenated alkanes) is 1. The Morgan fingerprint density at radius 3 is 2.46 bits per heavy atom. The number of carbonyl (C=O) groups is 3. The van der Waals surface area contributed by atoms with E-state index in [1.165, 1.54) is 0 Å². The Balaban J connectivity index is 0.00000625. The average molecular weight is 770 g/mol. The topological polar surface area (TPSA) is 166 Å². The number of nitrogens with zero attached hydrogens (tertiary/aromatic N) is 2. The number of nitrogens with one attached hydrogen (secondary N) is 5. The van der Waals surface area contributed by atoms with Gasteiger partial charge in [-0.05, 0) is 19.8 Å². The smallest absolute Gasteiger partial charge is 0.315 e. The van der Waals surface area contributed by atoms with Crippen LogP contribution >= 0.6 is 11.8 Å². The van der Waals surface area contributed by atoms with Gasteiger partial charge in [-0.15, -0.1) is 5.92 Å². The van der Waals surface area contributed by atoms with Crippen LogP contribution in [0.25, 0.3) is 0 Å². The number of aromatic nitrogens is 2. The SMILES string of the molecule is CC[C@@H]1[CH-][C@H](C)[C@H](n2cnc(N[C@H](C)CC(=O)NCCOCCOCCOCCNC(=O)CCCCC3SCC4NC(=O)NC43)c2)O1.[Y]. The molecular weight excluding hydrogens is 715 g/mol. The summed E-state index contributed by atoms with van der Waals surface area (Å²) >= 11 is 1.90. The molecule has 3 saturated heterocycles. The molecule has 16 heteroatoms. The molecule has 7 atom stereocenters. The van der Waals surface area contributed by atoms with Gasteiger partial charge in [0.2, 0.25) is 11.8 Å². The molecule has 14 nitrogen and oxygen atoms in total. The van der Waals surface area contributed by atoms with Crippen molar-refractivity contribution in [3.63, 3.8) is 0 Å². The van der Waals surface area contributed by atoms with Crippen LogP contribution in [-0.4, -0.2) is 115 Å². The first-order valence-corrected chi connectivity index (χ1v) is 18.1. The Hall–Kier alpha value is -1.49. The molecule has 0 spiro atoms. The minimum atomic E-state index is -0.0786. The average Bonchev–Trinajstić information content (AvgIpc) is 3.82. The Labute approximate surface area is 314 Å². The summed E-state index contributed by atoms with van der Waals surface area (Å²) in [6, 6.07) is 0.321. The van der Waals surface area contributed by atoms with Gasteiger partial charge in [-0.1, -0.05) is 32.8 Å². The second-order valence-electron chi connectivity index (χ2n) is 12.4. The molecule has 0 aliphatic carbocycles. The van der Waals surface area contributed by atoms with E-state index in [-0.39, 0.29) is 81.0 Å². The third kappa shape index (κ3) is 14.0. The fraction of sp³-hybridized carbons (Fsp3) is 0.781. The Morgan fingerprint density at radius 1 is 1.08 bits per heavy atom. The number of imidazole rings is 1. The minimum Gasteiger partial charge on any atom is -0.389 e. The zero-order chi connectivity index (χ0) is 33.4. The van der Waals surface area contributed by atoms with E-state index in [1.807, 2.05) is 29.4 Å². The van der Waals surface area contributed by atoms with Crippen LogP contribution in [0.1, 0.15) is 65.5 Å². The molecule has 1 radical (unpaired) electrons. The first kappa shape index (κ1) is 40.9. The van der Waals surface area contributed by atoms with Crippen molar-refractivity contribution in [2.24, 2.45) is 5.92 Å². The maximum Gasteiger partial charge on any atom is 0.315 e. The van der Waals surface area contributed by atoms with Crippen molar-refractivity contribution in [1.29, 1.82) is 0 Å². The fourth-order valence-corrected chi connectivity index (χ4v) is 7.53. The quantitative estimate of drug-likeness (QED) is 0.0634. The molecule has 1 aromatic heterocycles. The van der Waals surface area contributed by atoms with Crippen molar-refractivity contribution < 1.29 is 66.0 Å². The number of ether oxygens (including phenoxy) is 4. The van der Waals surface area contributed by atoms with Gasteiger partial charge in [0, 0.05) is 81.9 Å². The molecule has 3 aliphatic heterocycles. The number of hydrogen-bond donors (Lipinski definition) is 5. The summed E-state index contributed by atoms with van der Waals surface area (Å²) in [7, 11) is 0. The second kappa shape index (κ2) is 22.4. The van der Waals surface area contributed by atoms with Crippen LogP contribution in [0.3, 0.4) is 0 Å². The van der Waals surface area contributed by atoms with E-state index in [1.54, 1.807) is 6.33 Å². The van der Waals surface area contributed by atoms with Crippen molar-refractivity contribution in [2.45, 2.75) is 95.0 Å². The molecule has 3 fully saturated rings. The number of thioether (sulfide) groups is 1. The third-order valence-corrected chi connectivity index (χ3v) is 9.94. The molecule has 3 unspecified atom stereocenters. The molecule has 0 saturated carbocycles. The summed E-state index contributed by atoms with van der Waals surface area (Å²) in [5.41, 5.74) is 0. The van der Waals surface area contributed by atoms with E-state index < -0.39 is 0 Å². The molecule has 269 valence electrons. The van der Waals surface area contributed by atoms with Crippen LogP contribution < -0.4 is 26.6 Å². The number of urea groups is 1. The molecule has 1 aromatic rings. The summed E-state index contributed by atoms with van der Waals surface area (Å²) in [5.74, 6) is 1.97. The normalized spacial score (nSPS) is 25.1. The summed E-state index contributed by atoms with van der Waals surface area (Å²) in [4.78, 5) is 40.2. The molecule has 4 heterocycles. The Morgan fingerprint density at radius 2 is 1.77 bits per heavy atom. The van der Waals surface area contributed by atoms with Gasteiger partial charge >= 0.3 is 6.03 Å². The molecule has 5 N–H and O–H groups in total. The standard InChI is InChI=1S/C32H54N7O7S.Y/c1-4-24-17-22(2)31(46-24)39-19-27(35-21-39)36-23(3)18-29(41)34-10-12-44-14-16-45-15-13-43-11-9-33-28(40)8-6-5-7-26-30-25(20-47-26)37-32(42)38-30;/h17,19,21-26,30-31,36H,4-16,18,20H2,1-3H3,(H,33,40)(H,34,41)(H2,37,38,42);/q-1;/t22-,23+,24+,25?,26?,30?,31+;/m0./s1. The van der Waals surface area contributed by atoms with Gasteiger partial charge in [-0.3, -0.25) is 16.0 Å². The predicted octanol–water partition coefficient (Wildman–Crippen LogP) is 2.23. The Bertz CT molecular complexity index is 1120. The fourth-order valence-electron chi connectivity index (χ4n) is 5.99. The van der Waals surface area contributed by atoms with Crippen molar-refractivity contribution in [3.05, 3.63) is 18.9 Å². The van der Waals surface area contributed by atoms with Gasteiger partial charge in [0.15, 0.2) is 0 Å². The first-order valence-electron chi connectivity index (χ1n) is 17.1. The van der Waals surface area contributed by atoms with Gasteiger partial charge in [0.05, 0.1) is 58.1 Å². The zero-order valence-corrected chi connectivity index (χ0v) is 32.3. The summed E-state index contributed by atoms with van der Waals surface area (Å²) in [6.07, 6.45) is 10.6. The van der Waals surface area contributed by atoms with Crippen LogP contribution in [-0.2, 0) is 61.2 Å². The van der Waals surface area contributed by atoms with Gasteiger partial charge < -0.3 is 50.1 Å². The first-order chi connectivity index (χ1) is 22.8. The number of fused-ring (bicyclic) bond motifs is 1. The largest absolute Gasteiger partial charge is 0.389 e. The number of rotatable bonds is 23. The van der Waals surface area contributed by atoms with E-state index in [0.717, 1.165) is 37.3 Å². The van der Waals surface area contributed by atoms with Crippen LogP contribution in [0, 0.1) is 12.3 Å². The summed E-state index contributed by atoms with van der Waals surface area (Å²) in [6.45, 7) is 9.71. The number of hydrogen-bond acceptors (Lipinski definition) is 10. The van der Waals surface area contributed by atoms with E-state index in [9.17, 15) is 14.4 Å². The van der Waals surface area contributed by atoms with Crippen molar-refractivity contribution in [2.75, 3.05) is 63.8 Å². The third-order valence-electron chi connectivity index (χ3n) is 8.43. The summed E-state index contributed by atoms with van der Waals surface area (Å²) < 4.78 is 24.6. The Kier molecular flexibility index (Phi) is 19.1. The van der Waals surface area contributed by atoms with E-state index in [4.69, 9.17) is 18.9 Å². The van der Waals surface area contributed by atoms with E-state index >= 15 is 0 Å². The predicted molar refractivity (Wildman–Crippen MR) is 180 cm³/mol. The molecule has 0 bridgehead atoms. The maximum atomic E-state index is 12.3. The summed E-state index contributed by atoms with van der Waals surface area (Å²) in [5, 5.41) is 15.4. The van der Waals surface area contributed by atoms with Crippen LogP contribution in [0.4, 0.5) is 10.6 Å². The second-order valence-corrected chi connectivity index (χ2v) is 13.7. The molecule has 0 aromatic carbocycles. The number of anilines is 1. The van der Waals surface area contributed by atoms with Gasteiger partial charge in [0.1, 0.15) is 12.0 Å². The van der Waals surface area contributed by atoms with Crippen LogP contribution in [0.5, 0.6) is 0 Å². The molecule has 3 aliphatic rings. The van der Waals surface area contributed by atoms with Gasteiger partial charge in [-0.25, -0.2) is 9.78 Å². The molecule has 4 amide bonds. The zero-order valence-electron chi connectivity index (χ0n) is 28.6. The van der Waals surface area contributed by atoms with Crippen LogP contribution in [0.2, 0.25) is 0 Å². The molecular formula is C32H54N7O7SY-. The van der Waals surface area contributed by atoms with Crippen molar-refractivity contribution >= 4 is 35.4 Å².